The van der Waals surface area contributed by atoms with Gasteiger partial charge in [0.15, 0.2) is 11.4 Å². The molecule has 0 spiro atoms. The van der Waals surface area contributed by atoms with E-state index in [2.05, 4.69) is 19.7 Å². The predicted octanol–water partition coefficient (Wildman–Crippen LogP) is -0.0962. The molecule has 0 aliphatic carbocycles. The van der Waals surface area contributed by atoms with Crippen LogP contribution in [0.1, 0.15) is 21.0 Å². The predicted molar refractivity (Wildman–Crippen MR) is 80.2 cm³/mol. The zero-order chi connectivity index (χ0) is 18.4. The van der Waals surface area contributed by atoms with Gasteiger partial charge in [0.05, 0.1) is 20.3 Å². The van der Waals surface area contributed by atoms with Crippen LogP contribution in [-0.2, 0) is 23.6 Å². The molecule has 0 amide bonds. The Balaban J connectivity index is 0.000000243. The first-order chi connectivity index (χ1) is 11.2. The fourth-order valence-corrected chi connectivity index (χ4v) is 1.52. The van der Waals surface area contributed by atoms with E-state index in [-0.39, 0.29) is 17.2 Å². The molecular formula is C12H16N6O6. The van der Waals surface area contributed by atoms with Gasteiger partial charge in [-0.15, -0.1) is 4.68 Å². The van der Waals surface area contributed by atoms with Crippen LogP contribution in [0.25, 0.3) is 0 Å². The summed E-state index contributed by atoms with van der Waals surface area (Å²) in [4.78, 5) is 31.4. The normalized spacial score (nSPS) is 9.67. The number of carbonyl (C=O) groups is 2. The third-order valence-electron chi connectivity index (χ3n) is 2.75. The van der Waals surface area contributed by atoms with Crippen LogP contribution in [0.15, 0.2) is 12.1 Å². The molecule has 2 N–H and O–H groups in total. The minimum Gasteiger partial charge on any atom is -0.464 e. The van der Waals surface area contributed by atoms with Crippen molar-refractivity contribution in [2.45, 2.75) is 0 Å². The molecule has 0 unspecified atom stereocenters. The highest BCUT2D eigenvalue weighted by atomic mass is 16.6. The van der Waals surface area contributed by atoms with E-state index in [1.54, 1.807) is 7.05 Å². The lowest BCUT2D eigenvalue weighted by atomic mass is 10.4. The van der Waals surface area contributed by atoms with E-state index in [4.69, 9.17) is 5.73 Å². The van der Waals surface area contributed by atoms with Crippen molar-refractivity contribution in [3.63, 3.8) is 0 Å². The number of aromatic nitrogens is 4. The average Bonchev–Trinajstić information content (AvgIpc) is 3.09. The van der Waals surface area contributed by atoms with E-state index in [1.165, 1.54) is 32.0 Å². The number of ether oxygens (including phenoxy) is 2. The van der Waals surface area contributed by atoms with E-state index in [0.29, 0.717) is 5.82 Å². The van der Waals surface area contributed by atoms with Crippen molar-refractivity contribution < 1.29 is 24.0 Å². The number of hydrogen-bond acceptors (Lipinski definition) is 9. The van der Waals surface area contributed by atoms with Crippen LogP contribution in [-0.4, -0.2) is 50.6 Å². The number of esters is 2. The van der Waals surface area contributed by atoms with E-state index in [1.807, 2.05) is 0 Å². The summed E-state index contributed by atoms with van der Waals surface area (Å²) in [7, 11) is 5.52. The Morgan fingerprint density at radius 1 is 1.08 bits per heavy atom. The second-order valence-electron chi connectivity index (χ2n) is 4.33. The van der Waals surface area contributed by atoms with Gasteiger partial charge >= 0.3 is 17.8 Å². The lowest BCUT2D eigenvalue weighted by molar-refractivity contribution is -0.392. The summed E-state index contributed by atoms with van der Waals surface area (Å²) in [6.45, 7) is 0. The topological polar surface area (TPSA) is 157 Å². The SMILES string of the molecule is COC(=O)c1cc(N)n(C)n1.COC(=O)c1cc([N+](=O)[O-])n(C)n1. The molecule has 2 rings (SSSR count). The molecule has 2 aromatic rings. The smallest absolute Gasteiger partial charge is 0.360 e. The lowest BCUT2D eigenvalue weighted by Gasteiger charge is -1.90. The van der Waals surface area contributed by atoms with Gasteiger partial charge in [-0.05, 0) is 4.92 Å². The van der Waals surface area contributed by atoms with Gasteiger partial charge < -0.3 is 25.3 Å². The van der Waals surface area contributed by atoms with Gasteiger partial charge in [0.25, 0.3) is 0 Å². The third kappa shape index (κ3) is 4.28. The van der Waals surface area contributed by atoms with Crippen LogP contribution in [0.2, 0.25) is 0 Å². The van der Waals surface area contributed by atoms with Crippen molar-refractivity contribution in [1.29, 1.82) is 0 Å². The van der Waals surface area contributed by atoms with Crippen molar-refractivity contribution in [2.75, 3.05) is 20.0 Å². The maximum absolute atomic E-state index is 10.9. The van der Waals surface area contributed by atoms with Crippen LogP contribution < -0.4 is 5.73 Å². The summed E-state index contributed by atoms with van der Waals surface area (Å²) >= 11 is 0. The van der Waals surface area contributed by atoms with Gasteiger partial charge in [-0.2, -0.15) is 5.10 Å². The summed E-state index contributed by atoms with van der Waals surface area (Å²) in [5.41, 5.74) is 5.58. The van der Waals surface area contributed by atoms with Crippen molar-refractivity contribution >= 4 is 23.6 Å². The molecule has 24 heavy (non-hydrogen) atoms. The Labute approximate surface area is 135 Å². The maximum Gasteiger partial charge on any atom is 0.360 e. The Bertz CT molecular complexity index is 745. The van der Waals surface area contributed by atoms with Gasteiger partial charge in [-0.25, -0.2) is 9.59 Å². The van der Waals surface area contributed by atoms with Gasteiger partial charge in [0, 0.05) is 13.1 Å². The van der Waals surface area contributed by atoms with Crippen molar-refractivity contribution in [3.05, 3.63) is 33.6 Å². The van der Waals surface area contributed by atoms with Crippen LogP contribution in [0, 0.1) is 10.1 Å². The number of carbonyl (C=O) groups excluding carboxylic acids is 2. The second-order valence-corrected chi connectivity index (χ2v) is 4.33. The van der Waals surface area contributed by atoms with Gasteiger partial charge in [-0.3, -0.25) is 4.68 Å². The summed E-state index contributed by atoms with van der Waals surface area (Å²) < 4.78 is 11.2. The Morgan fingerprint density at radius 2 is 1.54 bits per heavy atom. The van der Waals surface area contributed by atoms with E-state index >= 15 is 0 Å². The number of nitro groups is 1. The first kappa shape index (κ1) is 18.6. The molecule has 2 heterocycles. The summed E-state index contributed by atoms with van der Waals surface area (Å²) in [6.07, 6.45) is 0. The Hall–Kier alpha value is -3.44. The monoisotopic (exact) mass is 340 g/mol. The number of nitrogens with zero attached hydrogens (tertiary/aromatic N) is 5. The minimum atomic E-state index is -0.691. The van der Waals surface area contributed by atoms with E-state index < -0.39 is 16.9 Å². The molecule has 0 aromatic carbocycles. The molecule has 0 fully saturated rings. The molecule has 0 bridgehead atoms. The van der Waals surface area contributed by atoms with Crippen LogP contribution in [0.3, 0.4) is 0 Å². The van der Waals surface area contributed by atoms with E-state index in [0.717, 1.165) is 10.7 Å². The molecule has 0 saturated heterocycles. The fraction of sp³-hybridized carbons (Fsp3) is 0.333. The van der Waals surface area contributed by atoms with Crippen molar-refractivity contribution in [3.8, 4) is 0 Å². The number of anilines is 1. The number of aryl methyl sites for hydroxylation is 2. The highest BCUT2D eigenvalue weighted by Gasteiger charge is 2.19. The lowest BCUT2D eigenvalue weighted by Crippen LogP contribution is -2.03. The first-order valence-electron chi connectivity index (χ1n) is 6.35. The number of methoxy groups -OCH3 is 2. The molecule has 0 radical (unpaired) electrons. The Morgan fingerprint density at radius 3 is 1.88 bits per heavy atom. The molecule has 130 valence electrons. The van der Waals surface area contributed by atoms with Crippen molar-refractivity contribution in [1.82, 2.24) is 19.6 Å². The zero-order valence-corrected chi connectivity index (χ0v) is 13.4. The summed E-state index contributed by atoms with van der Waals surface area (Å²) in [6, 6.07) is 2.53. The molecule has 2 aromatic heterocycles. The fourth-order valence-electron chi connectivity index (χ4n) is 1.52. The molecule has 12 heteroatoms. The quantitative estimate of drug-likeness (QED) is 0.457. The zero-order valence-electron chi connectivity index (χ0n) is 13.4. The molecule has 0 aliphatic heterocycles. The van der Waals surface area contributed by atoms with E-state index in [9.17, 15) is 19.7 Å². The van der Waals surface area contributed by atoms with Gasteiger partial charge in [0.2, 0.25) is 0 Å². The summed E-state index contributed by atoms with van der Waals surface area (Å²) in [5.74, 6) is -0.980. The standard InChI is InChI=1S/C6H7N3O4.C6H9N3O2/c1-8-5(9(11)12)3-4(7-8)6(10)13-2;1-9-5(7)3-4(8-9)6(10)11-2/h3H,1-2H3;3H,7H2,1-2H3. The van der Waals surface area contributed by atoms with Crippen molar-refractivity contribution in [2.24, 2.45) is 14.1 Å². The molecule has 0 atom stereocenters. The Kier molecular flexibility index (Phi) is 5.98. The minimum absolute atomic E-state index is 0.0725. The largest absolute Gasteiger partial charge is 0.464 e. The third-order valence-corrected chi connectivity index (χ3v) is 2.75. The van der Waals surface area contributed by atoms with Crippen LogP contribution in [0.5, 0.6) is 0 Å². The van der Waals surface area contributed by atoms with Crippen LogP contribution >= 0.6 is 0 Å². The first-order valence-corrected chi connectivity index (χ1v) is 6.35. The molecular weight excluding hydrogens is 324 g/mol. The van der Waals surface area contributed by atoms with Crippen LogP contribution in [0.4, 0.5) is 11.6 Å². The second kappa shape index (κ2) is 7.71. The molecule has 0 saturated carbocycles. The molecule has 12 nitrogen and oxygen atoms in total. The summed E-state index contributed by atoms with van der Waals surface area (Å²) in [5, 5.41) is 17.7. The molecule has 0 aliphatic rings. The maximum atomic E-state index is 10.9. The highest BCUT2D eigenvalue weighted by Crippen LogP contribution is 2.11. The number of nitrogen functional groups attached to an aromatic ring is 1. The van der Waals surface area contributed by atoms with Gasteiger partial charge in [-0.1, -0.05) is 5.10 Å². The number of nitrogens with two attached hydrogens (primary N) is 1. The number of rotatable bonds is 3. The number of hydrogen-bond donors (Lipinski definition) is 1. The van der Waals surface area contributed by atoms with Gasteiger partial charge in [0.1, 0.15) is 12.9 Å². The highest BCUT2D eigenvalue weighted by molar-refractivity contribution is 5.88. The average molecular weight is 340 g/mol.